The summed E-state index contributed by atoms with van der Waals surface area (Å²) >= 11 is 3.00. The maximum Gasteiger partial charge on any atom is 0.224 e. The number of hydrogen-bond acceptors (Lipinski definition) is 4. The largest absolute Gasteiger partial charge is 0.352 e. The van der Waals surface area contributed by atoms with Crippen molar-refractivity contribution in [3.8, 4) is 0 Å². The molecule has 0 saturated heterocycles. The number of ketones is 1. The van der Waals surface area contributed by atoms with Gasteiger partial charge in [0, 0.05) is 6.54 Å². The summed E-state index contributed by atoms with van der Waals surface area (Å²) in [6.45, 7) is 2.10. The first-order valence-electron chi connectivity index (χ1n) is 5.51. The zero-order valence-corrected chi connectivity index (χ0v) is 11.6. The van der Waals surface area contributed by atoms with Crippen molar-refractivity contribution in [2.45, 2.75) is 19.9 Å². The lowest BCUT2D eigenvalue weighted by Gasteiger charge is -2.02. The molecular weight excluding hydrogens is 266 g/mol. The molecule has 2 heterocycles. The Labute approximate surface area is 113 Å². The zero-order valence-electron chi connectivity index (χ0n) is 9.93. The highest BCUT2D eigenvalue weighted by Crippen LogP contribution is 2.15. The van der Waals surface area contributed by atoms with Crippen LogP contribution >= 0.6 is 22.7 Å². The topological polar surface area (TPSA) is 46.2 Å². The molecule has 0 saturated carbocycles. The fourth-order valence-electron chi connectivity index (χ4n) is 1.49. The second-order valence-electron chi connectivity index (χ2n) is 3.96. The third-order valence-electron chi connectivity index (χ3n) is 2.44. The summed E-state index contributed by atoms with van der Waals surface area (Å²) in [5.74, 6) is 0.0269. The third kappa shape index (κ3) is 3.51. The summed E-state index contributed by atoms with van der Waals surface area (Å²) in [5, 5.41) is 8.72. The highest BCUT2D eigenvalue weighted by molar-refractivity contribution is 7.12. The van der Waals surface area contributed by atoms with Gasteiger partial charge in [-0.2, -0.15) is 11.3 Å². The molecular formula is C13H13NO2S2. The quantitative estimate of drug-likeness (QED) is 0.855. The van der Waals surface area contributed by atoms with Crippen LogP contribution in [0.1, 0.15) is 27.7 Å². The minimum absolute atomic E-state index is 0.0193. The van der Waals surface area contributed by atoms with E-state index in [-0.39, 0.29) is 11.7 Å². The zero-order chi connectivity index (χ0) is 13.0. The summed E-state index contributed by atoms with van der Waals surface area (Å²) in [7, 11) is 0. The van der Waals surface area contributed by atoms with Crippen LogP contribution in [0.4, 0.5) is 0 Å². The summed E-state index contributed by atoms with van der Waals surface area (Å²) in [5.41, 5.74) is 2.01. The average molecular weight is 279 g/mol. The Morgan fingerprint density at radius 3 is 2.72 bits per heavy atom. The van der Waals surface area contributed by atoms with Crippen LogP contribution in [-0.2, 0) is 17.8 Å². The maximum absolute atomic E-state index is 11.7. The number of Topliss-reactive ketones (excluding diaryl/α,β-unsaturated/α-hetero) is 1. The van der Waals surface area contributed by atoms with Gasteiger partial charge < -0.3 is 5.32 Å². The number of nitrogens with one attached hydrogen (secondary N) is 1. The third-order valence-corrected chi connectivity index (χ3v) is 4.25. The van der Waals surface area contributed by atoms with Gasteiger partial charge in [-0.05, 0) is 46.3 Å². The van der Waals surface area contributed by atoms with Crippen molar-refractivity contribution in [1.29, 1.82) is 0 Å². The molecule has 0 bridgehead atoms. The lowest BCUT2D eigenvalue weighted by molar-refractivity contribution is -0.120. The molecule has 0 aliphatic heterocycles. The summed E-state index contributed by atoms with van der Waals surface area (Å²) in [6.07, 6.45) is 0.327. The van der Waals surface area contributed by atoms with Crippen LogP contribution in [0, 0.1) is 0 Å². The van der Waals surface area contributed by atoms with Gasteiger partial charge in [-0.1, -0.05) is 0 Å². The Morgan fingerprint density at radius 2 is 2.11 bits per heavy atom. The number of rotatable bonds is 5. The van der Waals surface area contributed by atoms with Crippen molar-refractivity contribution < 1.29 is 9.59 Å². The van der Waals surface area contributed by atoms with E-state index in [4.69, 9.17) is 0 Å². The molecule has 2 aromatic heterocycles. The van der Waals surface area contributed by atoms with Gasteiger partial charge in [0.05, 0.1) is 11.3 Å². The molecule has 1 N–H and O–H groups in total. The number of hydrogen-bond donors (Lipinski definition) is 1. The average Bonchev–Trinajstić information content (AvgIpc) is 2.96. The van der Waals surface area contributed by atoms with Crippen molar-refractivity contribution in [3.63, 3.8) is 0 Å². The van der Waals surface area contributed by atoms with E-state index in [1.807, 2.05) is 22.2 Å². The second-order valence-corrected chi connectivity index (χ2v) is 5.65. The lowest BCUT2D eigenvalue weighted by Crippen LogP contribution is -2.24. The monoisotopic (exact) mass is 279 g/mol. The summed E-state index contributed by atoms with van der Waals surface area (Å²) in [6, 6.07) is 3.78. The van der Waals surface area contributed by atoms with Crippen molar-refractivity contribution in [3.05, 3.63) is 44.3 Å². The minimum atomic E-state index is -0.0193. The van der Waals surface area contributed by atoms with Gasteiger partial charge in [-0.15, -0.1) is 11.3 Å². The van der Waals surface area contributed by atoms with E-state index < -0.39 is 0 Å². The Morgan fingerprint density at radius 1 is 1.28 bits per heavy atom. The normalized spacial score (nSPS) is 10.3. The summed E-state index contributed by atoms with van der Waals surface area (Å²) < 4.78 is 0. The number of carbonyl (C=O) groups is 2. The van der Waals surface area contributed by atoms with E-state index in [2.05, 4.69) is 5.32 Å². The Kier molecular flexibility index (Phi) is 4.28. The minimum Gasteiger partial charge on any atom is -0.352 e. The van der Waals surface area contributed by atoms with Crippen molar-refractivity contribution >= 4 is 34.4 Å². The molecule has 0 radical (unpaired) electrons. The first kappa shape index (κ1) is 13.0. The standard InChI is InChI=1S/C13H13NO2S2/c1-9(15)12-4-11(8-18-12)5-13(16)14-6-10-2-3-17-7-10/h2-4,7-8H,5-6H2,1H3,(H,14,16). The van der Waals surface area contributed by atoms with E-state index >= 15 is 0 Å². The Balaban J connectivity index is 1.85. The van der Waals surface area contributed by atoms with Crippen LogP contribution in [0.3, 0.4) is 0 Å². The lowest BCUT2D eigenvalue weighted by atomic mass is 10.2. The van der Waals surface area contributed by atoms with Crippen LogP contribution in [0.2, 0.25) is 0 Å². The fraction of sp³-hybridized carbons (Fsp3) is 0.231. The number of amides is 1. The predicted octanol–water partition coefficient (Wildman–Crippen LogP) is 2.87. The molecule has 2 rings (SSSR count). The van der Waals surface area contributed by atoms with E-state index in [9.17, 15) is 9.59 Å². The molecule has 0 spiro atoms. The molecule has 0 atom stereocenters. The molecule has 1 amide bonds. The van der Waals surface area contributed by atoms with Crippen molar-refractivity contribution in [1.82, 2.24) is 5.32 Å². The van der Waals surface area contributed by atoms with E-state index in [1.54, 1.807) is 17.4 Å². The van der Waals surface area contributed by atoms with Gasteiger partial charge in [-0.25, -0.2) is 0 Å². The van der Waals surface area contributed by atoms with E-state index in [0.29, 0.717) is 17.8 Å². The molecule has 0 unspecified atom stereocenters. The summed E-state index contributed by atoms with van der Waals surface area (Å²) in [4.78, 5) is 23.5. The van der Waals surface area contributed by atoms with Gasteiger partial charge >= 0.3 is 0 Å². The van der Waals surface area contributed by atoms with Gasteiger partial charge in [-0.3, -0.25) is 9.59 Å². The van der Waals surface area contributed by atoms with Gasteiger partial charge in [0.1, 0.15) is 0 Å². The number of carbonyl (C=O) groups excluding carboxylic acids is 2. The molecule has 3 nitrogen and oxygen atoms in total. The SMILES string of the molecule is CC(=O)c1cc(CC(=O)NCc2ccsc2)cs1. The van der Waals surface area contributed by atoms with Crippen LogP contribution in [0.25, 0.3) is 0 Å². The van der Waals surface area contributed by atoms with Gasteiger partial charge in [0.15, 0.2) is 5.78 Å². The second kappa shape index (κ2) is 5.93. The molecule has 0 fully saturated rings. The van der Waals surface area contributed by atoms with Crippen molar-refractivity contribution in [2.24, 2.45) is 0 Å². The van der Waals surface area contributed by atoms with Gasteiger partial charge in [0.25, 0.3) is 0 Å². The highest BCUT2D eigenvalue weighted by atomic mass is 32.1. The van der Waals surface area contributed by atoms with Crippen LogP contribution < -0.4 is 5.32 Å². The Hall–Kier alpha value is -1.46. The molecule has 0 aliphatic rings. The molecule has 0 aromatic carbocycles. The molecule has 0 aliphatic carbocycles. The fourth-order valence-corrected chi connectivity index (χ4v) is 2.98. The first-order chi connectivity index (χ1) is 8.65. The van der Waals surface area contributed by atoms with Crippen molar-refractivity contribution in [2.75, 3.05) is 0 Å². The molecule has 2 aromatic rings. The van der Waals surface area contributed by atoms with Gasteiger partial charge in [0.2, 0.25) is 5.91 Å². The van der Waals surface area contributed by atoms with Crippen LogP contribution in [0.15, 0.2) is 28.3 Å². The smallest absolute Gasteiger partial charge is 0.224 e. The Bertz CT molecular complexity index is 543. The number of thiophene rings is 2. The maximum atomic E-state index is 11.7. The van der Waals surface area contributed by atoms with Crippen LogP contribution in [-0.4, -0.2) is 11.7 Å². The van der Waals surface area contributed by atoms with E-state index in [1.165, 1.54) is 18.3 Å². The predicted molar refractivity (Wildman–Crippen MR) is 74.2 cm³/mol. The molecule has 94 valence electrons. The molecule has 18 heavy (non-hydrogen) atoms. The van der Waals surface area contributed by atoms with Crippen LogP contribution in [0.5, 0.6) is 0 Å². The molecule has 5 heteroatoms. The first-order valence-corrected chi connectivity index (χ1v) is 7.33. The highest BCUT2D eigenvalue weighted by Gasteiger charge is 2.08. The van der Waals surface area contributed by atoms with E-state index in [0.717, 1.165) is 11.1 Å².